The average Bonchev–Trinajstić information content (AvgIpc) is 2.17. The first-order valence-electron chi connectivity index (χ1n) is 4.78. The van der Waals surface area contributed by atoms with Crippen LogP contribution >= 0.6 is 6.49 Å². The smallest absolute Gasteiger partial charge is 0.144 e. The minimum Gasteiger partial charge on any atom is -0.379 e. The minimum atomic E-state index is -1.69. The van der Waals surface area contributed by atoms with Crippen molar-refractivity contribution in [3.63, 3.8) is 0 Å². The Morgan fingerprint density at radius 1 is 1.07 bits per heavy atom. The van der Waals surface area contributed by atoms with E-state index in [4.69, 9.17) is 16.5 Å². The molecule has 0 aromatic carbocycles. The van der Waals surface area contributed by atoms with E-state index in [1.54, 1.807) is 0 Å². The number of nitrogens with zero attached hydrogens (tertiary/aromatic N) is 3. The van der Waals surface area contributed by atoms with Crippen LogP contribution in [0, 0.1) is 0 Å². The number of hydrogen-bond acceptors (Lipinski definition) is 2. The first-order chi connectivity index (χ1) is 6.49. The molecule has 1 saturated heterocycles. The summed E-state index contributed by atoms with van der Waals surface area (Å²) in [6, 6.07) is 0. The summed E-state index contributed by atoms with van der Waals surface area (Å²) < 4.78 is 12.1. The van der Waals surface area contributed by atoms with Crippen LogP contribution in [-0.4, -0.2) is 68.5 Å². The zero-order valence-corrected chi connectivity index (χ0v) is 11.1. The molecule has 0 amide bonds. The average molecular weight is 237 g/mol. The van der Waals surface area contributed by atoms with Crippen LogP contribution in [0.2, 0.25) is 0 Å². The Morgan fingerprint density at radius 2 is 1.50 bits per heavy atom. The molecule has 0 aromatic heterocycles. The van der Waals surface area contributed by atoms with Gasteiger partial charge in [0.2, 0.25) is 0 Å². The predicted molar refractivity (Wildman–Crippen MR) is 64.1 cm³/mol. The van der Waals surface area contributed by atoms with Crippen LogP contribution in [-0.2, 0) is 16.5 Å². The number of morpholine rings is 1. The molecule has 1 aliphatic rings. The second-order valence-corrected chi connectivity index (χ2v) is 8.44. The lowest BCUT2D eigenvalue weighted by Crippen LogP contribution is -2.41. The third kappa shape index (κ3) is 2.35. The monoisotopic (exact) mass is 237 g/mol. The van der Waals surface area contributed by atoms with Gasteiger partial charge in [-0.05, 0) is 40.0 Å². The van der Waals surface area contributed by atoms with Gasteiger partial charge in [-0.25, -0.2) is 4.67 Å². The van der Waals surface area contributed by atoms with Gasteiger partial charge in [-0.3, -0.25) is 9.34 Å². The molecule has 0 aromatic rings. The van der Waals surface area contributed by atoms with Gasteiger partial charge in [0, 0.05) is 13.1 Å². The van der Waals surface area contributed by atoms with Gasteiger partial charge in [-0.2, -0.15) is 0 Å². The standard InChI is InChI=1S/C8H20N3OPS/c1-9(2)13(14,10(3)4)11-5-7-12-8-6-11/h5-8H2,1-4H3. The second kappa shape index (κ2) is 5.01. The van der Waals surface area contributed by atoms with Crippen molar-refractivity contribution in [1.29, 1.82) is 0 Å². The number of hydrogen-bond donors (Lipinski definition) is 0. The largest absolute Gasteiger partial charge is 0.379 e. The van der Waals surface area contributed by atoms with E-state index in [1.807, 2.05) is 0 Å². The van der Waals surface area contributed by atoms with Crippen molar-refractivity contribution in [2.45, 2.75) is 0 Å². The van der Waals surface area contributed by atoms with E-state index in [1.165, 1.54) is 0 Å². The predicted octanol–water partition coefficient (Wildman–Crippen LogP) is 0.666. The number of rotatable bonds is 3. The highest BCUT2D eigenvalue weighted by Gasteiger charge is 2.31. The van der Waals surface area contributed by atoms with Crippen molar-refractivity contribution in [2.75, 3.05) is 54.5 Å². The van der Waals surface area contributed by atoms with Crippen molar-refractivity contribution >= 4 is 18.3 Å². The van der Waals surface area contributed by atoms with Gasteiger partial charge in [0.15, 0.2) is 0 Å². The van der Waals surface area contributed by atoms with Crippen LogP contribution in [0.5, 0.6) is 0 Å². The highest BCUT2D eigenvalue weighted by atomic mass is 32.4. The Bertz CT molecular complexity index is 217. The maximum Gasteiger partial charge on any atom is 0.144 e. The van der Waals surface area contributed by atoms with E-state index in [-0.39, 0.29) is 0 Å². The van der Waals surface area contributed by atoms with Crippen molar-refractivity contribution in [3.8, 4) is 0 Å². The molecule has 0 radical (unpaired) electrons. The Balaban J connectivity index is 2.81. The maximum atomic E-state index is 5.80. The topological polar surface area (TPSA) is 19.0 Å². The van der Waals surface area contributed by atoms with Gasteiger partial charge in [0.05, 0.1) is 13.2 Å². The minimum absolute atomic E-state index is 0.806. The molecule has 0 atom stereocenters. The third-order valence-electron chi connectivity index (χ3n) is 2.40. The molecule has 84 valence electrons. The Morgan fingerprint density at radius 3 is 1.86 bits per heavy atom. The second-order valence-electron chi connectivity index (χ2n) is 3.77. The molecule has 0 saturated carbocycles. The molecule has 0 unspecified atom stereocenters. The lowest BCUT2D eigenvalue weighted by Gasteiger charge is -2.44. The molecule has 0 N–H and O–H groups in total. The van der Waals surface area contributed by atoms with Crippen LogP contribution in [0.1, 0.15) is 0 Å². The summed E-state index contributed by atoms with van der Waals surface area (Å²) in [4.78, 5) is 0. The first-order valence-corrected chi connectivity index (χ1v) is 7.44. The van der Waals surface area contributed by atoms with Crippen LogP contribution < -0.4 is 0 Å². The Hall–Kier alpha value is 0.490. The van der Waals surface area contributed by atoms with Crippen LogP contribution in [0.3, 0.4) is 0 Å². The molecule has 1 aliphatic heterocycles. The SMILES string of the molecule is CN(C)P(=S)(N(C)C)N1CCOCC1. The number of ether oxygens (including phenoxy) is 1. The molecule has 1 heterocycles. The van der Waals surface area contributed by atoms with Gasteiger partial charge < -0.3 is 4.74 Å². The zero-order valence-electron chi connectivity index (χ0n) is 9.43. The summed E-state index contributed by atoms with van der Waals surface area (Å²) in [5, 5.41) is 0. The lowest BCUT2D eigenvalue weighted by molar-refractivity contribution is 0.0707. The summed E-state index contributed by atoms with van der Waals surface area (Å²) in [6.07, 6.45) is 0. The van der Waals surface area contributed by atoms with Crippen LogP contribution in [0.4, 0.5) is 0 Å². The Kier molecular flexibility index (Phi) is 4.50. The molecule has 1 rings (SSSR count). The van der Waals surface area contributed by atoms with Gasteiger partial charge in [0.25, 0.3) is 0 Å². The van der Waals surface area contributed by atoms with E-state index in [0.29, 0.717) is 0 Å². The van der Waals surface area contributed by atoms with E-state index in [2.05, 4.69) is 42.2 Å². The zero-order chi connectivity index (χ0) is 10.8. The van der Waals surface area contributed by atoms with Gasteiger partial charge in [-0.15, -0.1) is 0 Å². The van der Waals surface area contributed by atoms with Crippen LogP contribution in [0.15, 0.2) is 0 Å². The fourth-order valence-electron chi connectivity index (χ4n) is 1.68. The molecule has 1 fully saturated rings. The van der Waals surface area contributed by atoms with E-state index in [0.717, 1.165) is 26.3 Å². The molecule has 0 bridgehead atoms. The molecular weight excluding hydrogens is 217 g/mol. The summed E-state index contributed by atoms with van der Waals surface area (Å²) in [6.45, 7) is 1.83. The fourth-order valence-corrected chi connectivity index (χ4v) is 4.58. The summed E-state index contributed by atoms with van der Waals surface area (Å²) in [7, 11) is 8.26. The molecule has 6 heteroatoms. The highest BCUT2D eigenvalue weighted by molar-refractivity contribution is 8.11. The fraction of sp³-hybridized carbons (Fsp3) is 1.00. The summed E-state index contributed by atoms with van der Waals surface area (Å²) in [5.41, 5.74) is 0. The molecular formula is C8H20N3OPS. The van der Waals surface area contributed by atoms with E-state index >= 15 is 0 Å². The van der Waals surface area contributed by atoms with E-state index < -0.39 is 6.49 Å². The maximum absolute atomic E-state index is 5.80. The summed E-state index contributed by atoms with van der Waals surface area (Å²) >= 11 is 5.80. The summed E-state index contributed by atoms with van der Waals surface area (Å²) in [5.74, 6) is 0. The quantitative estimate of drug-likeness (QED) is 0.670. The molecule has 0 aliphatic carbocycles. The third-order valence-corrected chi connectivity index (χ3v) is 8.27. The van der Waals surface area contributed by atoms with Crippen molar-refractivity contribution in [3.05, 3.63) is 0 Å². The normalized spacial score (nSPS) is 20.7. The first kappa shape index (κ1) is 12.6. The van der Waals surface area contributed by atoms with Crippen molar-refractivity contribution in [1.82, 2.24) is 14.0 Å². The van der Waals surface area contributed by atoms with Gasteiger partial charge >= 0.3 is 0 Å². The van der Waals surface area contributed by atoms with Crippen molar-refractivity contribution < 1.29 is 4.74 Å². The van der Waals surface area contributed by atoms with Crippen molar-refractivity contribution in [2.24, 2.45) is 0 Å². The van der Waals surface area contributed by atoms with E-state index in [9.17, 15) is 0 Å². The lowest BCUT2D eigenvalue weighted by atomic mass is 10.5. The molecule has 14 heavy (non-hydrogen) atoms. The van der Waals surface area contributed by atoms with Crippen LogP contribution in [0.25, 0.3) is 0 Å². The Labute approximate surface area is 92.0 Å². The molecule has 0 spiro atoms. The molecule has 4 nitrogen and oxygen atoms in total. The highest BCUT2D eigenvalue weighted by Crippen LogP contribution is 2.53. The van der Waals surface area contributed by atoms with Gasteiger partial charge in [0.1, 0.15) is 6.49 Å². The van der Waals surface area contributed by atoms with Gasteiger partial charge in [-0.1, -0.05) is 0 Å².